The Morgan fingerprint density at radius 1 is 1.08 bits per heavy atom. The first-order valence-electron chi connectivity index (χ1n) is 11.9. The fourth-order valence-corrected chi connectivity index (χ4v) is 4.40. The molecular weight excluding hydrogens is 480 g/mol. The number of hydrogen-bond donors (Lipinski definition) is 1. The zero-order valence-corrected chi connectivity index (χ0v) is 21.7. The molecule has 0 unspecified atom stereocenters. The summed E-state index contributed by atoms with van der Waals surface area (Å²) in [6.45, 7) is 6.63. The molecular formula is C27H31ClN4O4. The summed E-state index contributed by atoms with van der Waals surface area (Å²) in [6.07, 6.45) is 2.64. The Morgan fingerprint density at radius 3 is 2.42 bits per heavy atom. The second kappa shape index (κ2) is 10.6. The number of methoxy groups -OCH3 is 1. The van der Waals surface area contributed by atoms with E-state index in [1.807, 2.05) is 51.1 Å². The molecule has 9 heteroatoms. The van der Waals surface area contributed by atoms with Crippen molar-refractivity contribution >= 4 is 29.3 Å². The third-order valence-electron chi connectivity index (χ3n) is 5.98. The number of amides is 2. The number of carbonyl (C=O) groups is 2. The largest absolute Gasteiger partial charge is 0.497 e. The van der Waals surface area contributed by atoms with Gasteiger partial charge in [0.05, 0.1) is 30.3 Å². The van der Waals surface area contributed by atoms with Gasteiger partial charge in [0.2, 0.25) is 0 Å². The highest BCUT2D eigenvalue weighted by Crippen LogP contribution is 2.33. The molecule has 1 N–H and O–H groups in total. The standard InChI is InChI=1S/C27H31ClN4O4/c1-27(2,3)36-26(34)31-14-12-18(13-15-31)24-23(17-29-32(24)21-10-8-19(28)9-11-21)25(33)30-20-6-5-7-22(16-20)35-4/h5-11,16-18H,12-15H2,1-4H3,(H,30,33). The SMILES string of the molecule is COc1cccc(NC(=O)c2cnn(-c3ccc(Cl)cc3)c2C2CCN(C(=O)OC(C)(C)C)CC2)c1. The lowest BCUT2D eigenvalue weighted by molar-refractivity contribution is 0.0203. The van der Waals surface area contributed by atoms with Crippen LogP contribution in [0.4, 0.5) is 10.5 Å². The van der Waals surface area contributed by atoms with E-state index in [1.165, 1.54) is 0 Å². The van der Waals surface area contributed by atoms with Crippen molar-refractivity contribution < 1.29 is 19.1 Å². The first-order valence-corrected chi connectivity index (χ1v) is 12.3. The lowest BCUT2D eigenvalue weighted by Gasteiger charge is -2.34. The van der Waals surface area contributed by atoms with Crippen LogP contribution in [0.1, 0.15) is 55.6 Å². The highest BCUT2D eigenvalue weighted by molar-refractivity contribution is 6.30. The average Bonchev–Trinajstić information content (AvgIpc) is 3.29. The summed E-state index contributed by atoms with van der Waals surface area (Å²) in [7, 11) is 1.58. The summed E-state index contributed by atoms with van der Waals surface area (Å²) in [5.74, 6) is 0.417. The number of ether oxygens (including phenoxy) is 2. The van der Waals surface area contributed by atoms with E-state index in [-0.39, 0.29) is 17.9 Å². The van der Waals surface area contributed by atoms with E-state index in [0.717, 1.165) is 11.4 Å². The smallest absolute Gasteiger partial charge is 0.410 e. The Labute approximate surface area is 216 Å². The van der Waals surface area contributed by atoms with E-state index in [4.69, 9.17) is 21.1 Å². The van der Waals surface area contributed by atoms with Crippen LogP contribution in [0.25, 0.3) is 5.69 Å². The minimum absolute atomic E-state index is 0.0212. The number of benzene rings is 2. The minimum Gasteiger partial charge on any atom is -0.497 e. The molecule has 1 aliphatic heterocycles. The average molecular weight is 511 g/mol. The fourth-order valence-electron chi connectivity index (χ4n) is 4.27. The number of halogens is 1. The number of likely N-dealkylation sites (tertiary alicyclic amines) is 1. The zero-order chi connectivity index (χ0) is 25.9. The van der Waals surface area contributed by atoms with Crippen LogP contribution in [0.15, 0.2) is 54.7 Å². The van der Waals surface area contributed by atoms with Gasteiger partial charge in [-0.2, -0.15) is 5.10 Å². The van der Waals surface area contributed by atoms with Gasteiger partial charge in [0.1, 0.15) is 11.4 Å². The Balaban J connectivity index is 1.61. The highest BCUT2D eigenvalue weighted by Gasteiger charge is 2.32. The van der Waals surface area contributed by atoms with Crippen molar-refractivity contribution in [2.24, 2.45) is 0 Å². The van der Waals surface area contributed by atoms with Crippen LogP contribution in [-0.4, -0.2) is 52.5 Å². The second-order valence-corrected chi connectivity index (χ2v) is 10.2. The normalized spacial score (nSPS) is 14.4. The maximum absolute atomic E-state index is 13.4. The first kappa shape index (κ1) is 25.6. The van der Waals surface area contributed by atoms with Gasteiger partial charge < -0.3 is 19.7 Å². The molecule has 2 aromatic carbocycles. The maximum Gasteiger partial charge on any atom is 0.410 e. The van der Waals surface area contributed by atoms with Gasteiger partial charge in [0.15, 0.2) is 0 Å². The van der Waals surface area contributed by atoms with E-state index < -0.39 is 5.60 Å². The Kier molecular flexibility index (Phi) is 7.54. The zero-order valence-electron chi connectivity index (χ0n) is 21.0. The molecule has 0 atom stereocenters. The molecule has 2 amide bonds. The van der Waals surface area contributed by atoms with Crippen LogP contribution in [0.5, 0.6) is 5.75 Å². The molecule has 1 saturated heterocycles. The molecule has 8 nitrogen and oxygen atoms in total. The van der Waals surface area contributed by atoms with Crippen LogP contribution >= 0.6 is 11.6 Å². The fraction of sp³-hybridized carbons (Fsp3) is 0.370. The van der Waals surface area contributed by atoms with Gasteiger partial charge >= 0.3 is 6.09 Å². The van der Waals surface area contributed by atoms with Crippen LogP contribution in [-0.2, 0) is 4.74 Å². The van der Waals surface area contributed by atoms with Gasteiger partial charge in [-0.15, -0.1) is 0 Å². The molecule has 0 aliphatic carbocycles. The highest BCUT2D eigenvalue weighted by atomic mass is 35.5. The molecule has 3 aromatic rings. The van der Waals surface area contributed by atoms with Gasteiger partial charge in [0, 0.05) is 35.8 Å². The van der Waals surface area contributed by atoms with E-state index in [9.17, 15) is 9.59 Å². The number of nitrogens with one attached hydrogen (secondary N) is 1. The number of nitrogens with zero attached hydrogens (tertiary/aromatic N) is 3. The van der Waals surface area contributed by atoms with Crippen molar-refractivity contribution in [2.45, 2.75) is 45.1 Å². The van der Waals surface area contributed by atoms with E-state index in [0.29, 0.717) is 48.0 Å². The summed E-state index contributed by atoms with van der Waals surface area (Å²) in [5.41, 5.74) is 2.19. The molecule has 0 bridgehead atoms. The third kappa shape index (κ3) is 5.99. The van der Waals surface area contributed by atoms with Gasteiger partial charge in [-0.25, -0.2) is 9.48 Å². The van der Waals surface area contributed by atoms with E-state index >= 15 is 0 Å². The van der Waals surface area contributed by atoms with Crippen molar-refractivity contribution in [1.29, 1.82) is 0 Å². The van der Waals surface area contributed by atoms with E-state index in [1.54, 1.807) is 41.1 Å². The van der Waals surface area contributed by atoms with Crippen molar-refractivity contribution in [1.82, 2.24) is 14.7 Å². The van der Waals surface area contributed by atoms with Gasteiger partial charge in [-0.3, -0.25) is 4.79 Å². The quantitative estimate of drug-likeness (QED) is 0.461. The van der Waals surface area contributed by atoms with E-state index in [2.05, 4.69) is 10.4 Å². The number of carbonyl (C=O) groups excluding carboxylic acids is 2. The predicted molar refractivity (Wildman–Crippen MR) is 139 cm³/mol. The summed E-state index contributed by atoms with van der Waals surface area (Å²) in [6, 6.07) is 14.5. The molecule has 1 aliphatic rings. The number of piperidine rings is 1. The van der Waals surface area contributed by atoms with Gasteiger partial charge in [-0.05, 0) is 70.0 Å². The molecule has 0 spiro atoms. The second-order valence-electron chi connectivity index (χ2n) is 9.76. The summed E-state index contributed by atoms with van der Waals surface area (Å²) >= 11 is 6.10. The van der Waals surface area contributed by atoms with Crippen molar-refractivity contribution in [2.75, 3.05) is 25.5 Å². The molecule has 2 heterocycles. The molecule has 1 aromatic heterocycles. The van der Waals surface area contributed by atoms with Crippen LogP contribution in [0.3, 0.4) is 0 Å². The number of aromatic nitrogens is 2. The Bertz CT molecular complexity index is 1230. The van der Waals surface area contributed by atoms with Gasteiger partial charge in [-0.1, -0.05) is 17.7 Å². The third-order valence-corrected chi connectivity index (χ3v) is 6.24. The number of anilines is 1. The Hall–Kier alpha value is -3.52. The Morgan fingerprint density at radius 2 is 1.78 bits per heavy atom. The lowest BCUT2D eigenvalue weighted by Crippen LogP contribution is -2.41. The van der Waals surface area contributed by atoms with Crippen molar-refractivity contribution in [3.63, 3.8) is 0 Å². The van der Waals surface area contributed by atoms with Crippen molar-refractivity contribution in [3.8, 4) is 11.4 Å². The summed E-state index contributed by atoms with van der Waals surface area (Å²) in [4.78, 5) is 27.7. The number of hydrogen-bond acceptors (Lipinski definition) is 5. The topological polar surface area (TPSA) is 85.7 Å². The van der Waals surface area contributed by atoms with Gasteiger partial charge in [0.25, 0.3) is 5.91 Å². The molecule has 1 fully saturated rings. The lowest BCUT2D eigenvalue weighted by atomic mass is 9.90. The molecule has 4 rings (SSSR count). The summed E-state index contributed by atoms with van der Waals surface area (Å²) in [5, 5.41) is 8.15. The van der Waals surface area contributed by atoms with Crippen LogP contribution in [0, 0.1) is 0 Å². The monoisotopic (exact) mass is 510 g/mol. The van der Waals surface area contributed by atoms with Crippen molar-refractivity contribution in [3.05, 3.63) is 71.0 Å². The minimum atomic E-state index is -0.549. The number of rotatable bonds is 5. The summed E-state index contributed by atoms with van der Waals surface area (Å²) < 4.78 is 12.6. The van der Waals surface area contributed by atoms with Crippen LogP contribution in [0.2, 0.25) is 5.02 Å². The molecule has 190 valence electrons. The van der Waals surface area contributed by atoms with Crippen LogP contribution < -0.4 is 10.1 Å². The molecule has 36 heavy (non-hydrogen) atoms. The first-order chi connectivity index (χ1) is 17.1. The maximum atomic E-state index is 13.4. The molecule has 0 radical (unpaired) electrons. The predicted octanol–water partition coefficient (Wildman–Crippen LogP) is 5.90. The molecule has 0 saturated carbocycles.